The molecule has 1 N–H and O–H groups in total. The summed E-state index contributed by atoms with van der Waals surface area (Å²) < 4.78 is 11.2. The molecule has 0 amide bonds. The summed E-state index contributed by atoms with van der Waals surface area (Å²) in [5, 5.41) is 20.8. The van der Waals surface area contributed by atoms with Crippen LogP contribution in [-0.2, 0) is 6.61 Å². The number of aryl methyl sites for hydroxylation is 1. The Morgan fingerprint density at radius 1 is 1.13 bits per heavy atom. The van der Waals surface area contributed by atoms with Crippen LogP contribution in [0.1, 0.15) is 27.0 Å². The van der Waals surface area contributed by atoms with E-state index in [1.807, 2.05) is 6.07 Å². The fourth-order valence-corrected chi connectivity index (χ4v) is 3.04. The molecule has 31 heavy (non-hydrogen) atoms. The van der Waals surface area contributed by atoms with Crippen LogP contribution in [0.4, 0.5) is 5.69 Å². The second-order valence-corrected chi connectivity index (χ2v) is 6.78. The molecule has 0 heterocycles. The molecule has 0 radical (unpaired) electrons. The van der Waals surface area contributed by atoms with Crippen LogP contribution in [0.25, 0.3) is 6.08 Å². The van der Waals surface area contributed by atoms with Gasteiger partial charge in [0.05, 0.1) is 17.6 Å². The average Bonchev–Trinajstić information content (AvgIpc) is 2.76. The van der Waals surface area contributed by atoms with Crippen LogP contribution >= 0.6 is 0 Å². The Morgan fingerprint density at radius 2 is 1.90 bits per heavy atom. The van der Waals surface area contributed by atoms with Gasteiger partial charge in [-0.1, -0.05) is 24.3 Å². The largest absolute Gasteiger partial charge is 0.507 e. The van der Waals surface area contributed by atoms with Crippen LogP contribution in [-0.4, -0.2) is 22.9 Å². The molecule has 0 unspecified atom stereocenters. The number of allylic oxidation sites excluding steroid dienone is 1. The number of ether oxygens (including phenoxy) is 2. The molecule has 7 heteroatoms. The quantitative estimate of drug-likeness (QED) is 0.236. The van der Waals surface area contributed by atoms with Crippen LogP contribution < -0.4 is 9.47 Å². The third kappa shape index (κ3) is 5.27. The molecule has 0 fully saturated rings. The first-order valence-corrected chi connectivity index (χ1v) is 9.44. The Bertz CT molecular complexity index is 1150. The zero-order chi connectivity index (χ0) is 22.4. The number of nitro groups is 1. The van der Waals surface area contributed by atoms with E-state index in [2.05, 4.69) is 0 Å². The molecule has 0 saturated carbocycles. The molecular formula is C24H21NO6. The highest BCUT2D eigenvalue weighted by Gasteiger charge is 2.12. The van der Waals surface area contributed by atoms with Crippen molar-refractivity contribution < 1.29 is 24.3 Å². The topological polar surface area (TPSA) is 98.9 Å². The van der Waals surface area contributed by atoms with Crippen molar-refractivity contribution in [1.29, 1.82) is 0 Å². The average molecular weight is 419 g/mol. The van der Waals surface area contributed by atoms with Crippen molar-refractivity contribution in [3.05, 3.63) is 99.1 Å². The summed E-state index contributed by atoms with van der Waals surface area (Å²) in [5.74, 6) is 0.732. The highest BCUT2D eigenvalue weighted by molar-refractivity contribution is 6.08. The maximum Gasteiger partial charge on any atom is 0.272 e. The van der Waals surface area contributed by atoms with Gasteiger partial charge >= 0.3 is 0 Å². The first kappa shape index (κ1) is 21.6. The van der Waals surface area contributed by atoms with Crippen molar-refractivity contribution >= 4 is 17.5 Å². The van der Waals surface area contributed by atoms with Crippen LogP contribution in [0, 0.1) is 17.0 Å². The van der Waals surface area contributed by atoms with Crippen LogP contribution in [0.15, 0.2) is 66.7 Å². The van der Waals surface area contributed by atoms with Crippen molar-refractivity contribution in [2.24, 2.45) is 0 Å². The molecule has 0 atom stereocenters. The normalized spacial score (nSPS) is 10.8. The van der Waals surface area contributed by atoms with Crippen molar-refractivity contribution in [3.8, 4) is 17.2 Å². The van der Waals surface area contributed by atoms with Gasteiger partial charge in [-0.3, -0.25) is 14.9 Å². The first-order chi connectivity index (χ1) is 14.9. The Morgan fingerprint density at radius 3 is 2.58 bits per heavy atom. The van der Waals surface area contributed by atoms with Gasteiger partial charge in [0.25, 0.3) is 5.69 Å². The van der Waals surface area contributed by atoms with Gasteiger partial charge in [0.15, 0.2) is 5.78 Å². The fraction of sp³-hybridized carbons (Fsp3) is 0.125. The summed E-state index contributed by atoms with van der Waals surface area (Å²) in [6, 6.07) is 16.3. The summed E-state index contributed by atoms with van der Waals surface area (Å²) in [6.45, 7) is 1.83. The number of hydrogen-bond donors (Lipinski definition) is 1. The van der Waals surface area contributed by atoms with Crippen molar-refractivity contribution in [1.82, 2.24) is 0 Å². The molecule has 0 bridgehead atoms. The maximum absolute atomic E-state index is 12.3. The third-order valence-electron chi connectivity index (χ3n) is 4.66. The Labute approximate surface area is 179 Å². The molecule has 0 aliphatic heterocycles. The van der Waals surface area contributed by atoms with E-state index in [1.165, 1.54) is 18.2 Å². The molecule has 158 valence electrons. The number of phenols is 1. The molecule has 0 spiro atoms. The molecule has 3 rings (SSSR count). The maximum atomic E-state index is 12.3. The lowest BCUT2D eigenvalue weighted by Gasteiger charge is -2.12. The second-order valence-electron chi connectivity index (χ2n) is 6.78. The molecule has 3 aromatic carbocycles. The van der Waals surface area contributed by atoms with Crippen LogP contribution in [0.5, 0.6) is 17.2 Å². The lowest BCUT2D eigenvalue weighted by atomic mass is 10.1. The fourth-order valence-electron chi connectivity index (χ4n) is 3.04. The Kier molecular flexibility index (Phi) is 6.67. The number of nitro benzene ring substituents is 1. The van der Waals surface area contributed by atoms with Gasteiger partial charge in [-0.2, -0.15) is 0 Å². The number of benzene rings is 3. The monoisotopic (exact) mass is 419 g/mol. The molecule has 0 aromatic heterocycles. The number of phenolic OH excluding ortho intramolecular Hbond substituents is 1. The summed E-state index contributed by atoms with van der Waals surface area (Å²) in [6.07, 6.45) is 3.04. The van der Waals surface area contributed by atoms with Crippen molar-refractivity contribution in [2.75, 3.05) is 7.11 Å². The van der Waals surface area contributed by atoms with E-state index in [1.54, 1.807) is 62.6 Å². The summed E-state index contributed by atoms with van der Waals surface area (Å²) in [5.41, 5.74) is 2.27. The second kappa shape index (κ2) is 9.58. The van der Waals surface area contributed by atoms with E-state index in [0.717, 1.165) is 11.1 Å². The lowest BCUT2D eigenvalue weighted by molar-refractivity contribution is -0.385. The zero-order valence-electron chi connectivity index (χ0n) is 17.1. The van der Waals surface area contributed by atoms with E-state index in [-0.39, 0.29) is 29.4 Å². The summed E-state index contributed by atoms with van der Waals surface area (Å²) in [4.78, 5) is 22.8. The Hall–Kier alpha value is -4.13. The van der Waals surface area contributed by atoms with Crippen molar-refractivity contribution in [2.45, 2.75) is 13.5 Å². The van der Waals surface area contributed by atoms with Crippen LogP contribution in [0.2, 0.25) is 0 Å². The minimum atomic E-state index is -0.436. The van der Waals surface area contributed by atoms with E-state index in [0.29, 0.717) is 17.1 Å². The number of methoxy groups -OCH3 is 1. The molecule has 3 aromatic rings. The minimum Gasteiger partial charge on any atom is -0.507 e. The number of rotatable bonds is 8. The molecule has 0 aliphatic carbocycles. The first-order valence-electron chi connectivity index (χ1n) is 9.44. The van der Waals surface area contributed by atoms with E-state index < -0.39 is 4.92 Å². The number of ketones is 1. The van der Waals surface area contributed by atoms with E-state index in [4.69, 9.17) is 9.47 Å². The number of carbonyl (C=O) groups is 1. The van der Waals surface area contributed by atoms with E-state index >= 15 is 0 Å². The number of para-hydroxylation sites is 1. The van der Waals surface area contributed by atoms with Crippen LogP contribution in [0.3, 0.4) is 0 Å². The van der Waals surface area contributed by atoms with Gasteiger partial charge in [-0.15, -0.1) is 0 Å². The smallest absolute Gasteiger partial charge is 0.272 e. The van der Waals surface area contributed by atoms with Gasteiger partial charge in [-0.05, 0) is 55.0 Å². The number of nitrogens with zero attached hydrogens (tertiary/aromatic N) is 1. The van der Waals surface area contributed by atoms with Gasteiger partial charge in [0.1, 0.15) is 23.9 Å². The number of carbonyl (C=O) groups excluding carboxylic acids is 1. The number of hydrogen-bond acceptors (Lipinski definition) is 6. The zero-order valence-corrected chi connectivity index (χ0v) is 17.1. The van der Waals surface area contributed by atoms with Gasteiger partial charge in [0.2, 0.25) is 0 Å². The molecule has 0 saturated heterocycles. The number of aromatic hydroxyl groups is 1. The molecular weight excluding hydrogens is 398 g/mol. The Balaban J connectivity index is 1.76. The lowest BCUT2D eigenvalue weighted by Crippen LogP contribution is -2.00. The summed E-state index contributed by atoms with van der Waals surface area (Å²) >= 11 is 0. The highest BCUT2D eigenvalue weighted by atomic mass is 16.6. The summed E-state index contributed by atoms with van der Waals surface area (Å²) in [7, 11) is 1.55. The predicted octanol–water partition coefficient (Wildman–Crippen LogP) is 5.09. The van der Waals surface area contributed by atoms with Gasteiger partial charge in [0, 0.05) is 17.2 Å². The molecule has 7 nitrogen and oxygen atoms in total. The highest BCUT2D eigenvalue weighted by Crippen LogP contribution is 2.26. The third-order valence-corrected chi connectivity index (χ3v) is 4.66. The predicted molar refractivity (Wildman–Crippen MR) is 117 cm³/mol. The molecule has 0 aliphatic rings. The van der Waals surface area contributed by atoms with E-state index in [9.17, 15) is 20.0 Å². The van der Waals surface area contributed by atoms with Crippen molar-refractivity contribution in [3.63, 3.8) is 0 Å². The standard InChI is InChI=1S/C24H21NO6/c1-16-13-19(9-10-21(16)25(28)29)31-15-18-14-17(8-12-24(18)30-2)7-11-23(27)20-5-3-4-6-22(20)26/h3-14,26H,15H2,1-2H3. The van der Waals surface area contributed by atoms with Gasteiger partial charge < -0.3 is 14.6 Å². The van der Waals surface area contributed by atoms with Gasteiger partial charge in [-0.25, -0.2) is 0 Å². The SMILES string of the molecule is COc1ccc(C=CC(=O)c2ccccc2O)cc1COc1ccc([N+](=O)[O-])c(C)c1. The minimum absolute atomic E-state index is 0.0335.